The summed E-state index contributed by atoms with van der Waals surface area (Å²) in [6, 6.07) is 3.77. The van der Waals surface area contributed by atoms with Crippen LogP contribution in [0.25, 0.3) is 0 Å². The molecular formula is C12H19Cl2NO2. The summed E-state index contributed by atoms with van der Waals surface area (Å²) in [5.74, 6) is 1.41. The Bertz CT molecular complexity index is 359. The van der Waals surface area contributed by atoms with Gasteiger partial charge in [-0.3, -0.25) is 0 Å². The molecule has 0 aliphatic rings. The summed E-state index contributed by atoms with van der Waals surface area (Å²) in [5, 5.41) is 0.549. The Morgan fingerprint density at radius 1 is 1.24 bits per heavy atom. The molecule has 1 aromatic carbocycles. The Morgan fingerprint density at radius 2 is 1.82 bits per heavy atom. The monoisotopic (exact) mass is 279 g/mol. The van der Waals surface area contributed by atoms with Gasteiger partial charge in [0, 0.05) is 12.1 Å². The molecule has 0 bridgehead atoms. The van der Waals surface area contributed by atoms with E-state index in [1.165, 1.54) is 0 Å². The van der Waals surface area contributed by atoms with Crippen molar-refractivity contribution in [3.05, 3.63) is 22.7 Å². The van der Waals surface area contributed by atoms with Crippen LogP contribution in [0.4, 0.5) is 0 Å². The van der Waals surface area contributed by atoms with Crippen molar-refractivity contribution in [3.63, 3.8) is 0 Å². The number of halogens is 2. The van der Waals surface area contributed by atoms with Crippen LogP contribution < -0.4 is 15.2 Å². The van der Waals surface area contributed by atoms with Gasteiger partial charge in [0.1, 0.15) is 11.5 Å². The number of rotatable bonds is 5. The van der Waals surface area contributed by atoms with Crippen LogP contribution in [0.5, 0.6) is 11.5 Å². The normalized spacial score (nSPS) is 11.6. The van der Waals surface area contributed by atoms with Gasteiger partial charge in [-0.05, 0) is 24.5 Å². The lowest BCUT2D eigenvalue weighted by Gasteiger charge is -2.14. The lowest BCUT2D eigenvalue weighted by atomic mass is 10.0. The molecule has 0 spiro atoms. The first kappa shape index (κ1) is 16.4. The van der Waals surface area contributed by atoms with Crippen molar-refractivity contribution in [2.24, 2.45) is 5.73 Å². The second-order valence-electron chi connectivity index (χ2n) is 3.67. The van der Waals surface area contributed by atoms with E-state index in [0.717, 1.165) is 24.2 Å². The van der Waals surface area contributed by atoms with Crippen LogP contribution in [0.3, 0.4) is 0 Å². The lowest BCUT2D eigenvalue weighted by Crippen LogP contribution is -2.21. The quantitative estimate of drug-likeness (QED) is 0.901. The second-order valence-corrected chi connectivity index (χ2v) is 4.08. The molecule has 0 unspecified atom stereocenters. The van der Waals surface area contributed by atoms with Gasteiger partial charge in [-0.15, -0.1) is 12.4 Å². The number of benzene rings is 1. The van der Waals surface area contributed by atoms with E-state index in [1.54, 1.807) is 20.3 Å². The third kappa shape index (κ3) is 4.26. The van der Waals surface area contributed by atoms with E-state index >= 15 is 0 Å². The van der Waals surface area contributed by atoms with Crippen molar-refractivity contribution in [3.8, 4) is 11.5 Å². The van der Waals surface area contributed by atoms with E-state index in [9.17, 15) is 0 Å². The van der Waals surface area contributed by atoms with Crippen LogP contribution in [0.2, 0.25) is 5.02 Å². The third-order valence-electron chi connectivity index (χ3n) is 2.56. The second kappa shape index (κ2) is 7.64. The fraction of sp³-hybridized carbons (Fsp3) is 0.500. The highest BCUT2D eigenvalue weighted by atomic mass is 35.5. The van der Waals surface area contributed by atoms with E-state index in [1.807, 2.05) is 6.07 Å². The van der Waals surface area contributed by atoms with E-state index in [2.05, 4.69) is 6.92 Å². The van der Waals surface area contributed by atoms with Crippen molar-refractivity contribution in [1.82, 2.24) is 0 Å². The average molecular weight is 280 g/mol. The largest absolute Gasteiger partial charge is 0.496 e. The fourth-order valence-corrected chi connectivity index (χ4v) is 1.74. The molecule has 0 aromatic heterocycles. The smallest absolute Gasteiger partial charge is 0.137 e. The first-order valence-corrected chi connectivity index (χ1v) is 5.66. The molecule has 1 atom stereocenters. The Balaban J connectivity index is 0.00000256. The molecule has 0 saturated carbocycles. The lowest BCUT2D eigenvalue weighted by molar-refractivity contribution is 0.397. The van der Waals surface area contributed by atoms with Crippen LogP contribution in [-0.4, -0.2) is 20.3 Å². The topological polar surface area (TPSA) is 44.5 Å². The molecule has 3 nitrogen and oxygen atoms in total. The third-order valence-corrected chi connectivity index (χ3v) is 2.86. The van der Waals surface area contributed by atoms with E-state index in [0.29, 0.717) is 10.8 Å². The zero-order chi connectivity index (χ0) is 12.1. The maximum atomic E-state index is 6.01. The van der Waals surface area contributed by atoms with Gasteiger partial charge in [-0.25, -0.2) is 0 Å². The molecule has 0 aliphatic heterocycles. The molecular weight excluding hydrogens is 261 g/mol. The van der Waals surface area contributed by atoms with Crippen molar-refractivity contribution in [2.45, 2.75) is 25.8 Å². The molecule has 1 aromatic rings. The van der Waals surface area contributed by atoms with Crippen LogP contribution in [-0.2, 0) is 6.42 Å². The van der Waals surface area contributed by atoms with E-state index in [4.69, 9.17) is 26.8 Å². The van der Waals surface area contributed by atoms with E-state index in [-0.39, 0.29) is 18.4 Å². The first-order chi connectivity index (χ1) is 7.62. The molecule has 98 valence electrons. The number of ether oxygens (including phenoxy) is 2. The van der Waals surface area contributed by atoms with Gasteiger partial charge in [-0.2, -0.15) is 0 Å². The molecule has 0 amide bonds. The van der Waals surface area contributed by atoms with Crippen LogP contribution in [0.1, 0.15) is 18.9 Å². The van der Waals surface area contributed by atoms with Gasteiger partial charge < -0.3 is 15.2 Å². The summed E-state index contributed by atoms with van der Waals surface area (Å²) in [5.41, 5.74) is 6.95. The zero-order valence-electron chi connectivity index (χ0n) is 10.3. The van der Waals surface area contributed by atoms with Gasteiger partial charge in [0.05, 0.1) is 19.2 Å². The summed E-state index contributed by atoms with van der Waals surface area (Å²) in [4.78, 5) is 0. The minimum absolute atomic E-state index is 0. The van der Waals surface area contributed by atoms with Gasteiger partial charge in [0.15, 0.2) is 0 Å². The predicted octanol–water partition coefficient (Wildman–Crippen LogP) is 3.06. The van der Waals surface area contributed by atoms with Gasteiger partial charge >= 0.3 is 0 Å². The molecule has 17 heavy (non-hydrogen) atoms. The van der Waals surface area contributed by atoms with Gasteiger partial charge in [0.25, 0.3) is 0 Å². The molecule has 0 fully saturated rings. The molecule has 0 heterocycles. The summed E-state index contributed by atoms with van der Waals surface area (Å²) in [6.07, 6.45) is 1.68. The van der Waals surface area contributed by atoms with E-state index < -0.39 is 0 Å². The number of hydrogen-bond acceptors (Lipinski definition) is 3. The van der Waals surface area contributed by atoms with Gasteiger partial charge in [-0.1, -0.05) is 18.5 Å². The number of methoxy groups -OCH3 is 2. The van der Waals surface area contributed by atoms with Crippen LogP contribution in [0.15, 0.2) is 12.1 Å². The van der Waals surface area contributed by atoms with Crippen LogP contribution >= 0.6 is 24.0 Å². The molecule has 5 heteroatoms. The Labute approximate surface area is 114 Å². The van der Waals surface area contributed by atoms with Crippen molar-refractivity contribution < 1.29 is 9.47 Å². The highest BCUT2D eigenvalue weighted by Gasteiger charge is 2.12. The Kier molecular flexibility index (Phi) is 7.35. The minimum Gasteiger partial charge on any atom is -0.496 e. The molecule has 0 saturated heterocycles. The molecule has 2 N–H and O–H groups in total. The van der Waals surface area contributed by atoms with Crippen molar-refractivity contribution in [1.29, 1.82) is 0 Å². The number of hydrogen-bond donors (Lipinski definition) is 1. The maximum Gasteiger partial charge on any atom is 0.137 e. The maximum absolute atomic E-state index is 6.01. The van der Waals surface area contributed by atoms with Crippen molar-refractivity contribution in [2.75, 3.05) is 14.2 Å². The summed E-state index contributed by atoms with van der Waals surface area (Å²) in [7, 11) is 3.22. The number of nitrogens with two attached hydrogens (primary N) is 1. The van der Waals surface area contributed by atoms with Crippen LogP contribution in [0, 0.1) is 0 Å². The first-order valence-electron chi connectivity index (χ1n) is 5.28. The fourth-order valence-electron chi connectivity index (χ4n) is 1.51. The zero-order valence-corrected chi connectivity index (χ0v) is 11.9. The molecule has 0 radical (unpaired) electrons. The Morgan fingerprint density at radius 3 is 2.29 bits per heavy atom. The van der Waals surface area contributed by atoms with Gasteiger partial charge in [0.2, 0.25) is 0 Å². The summed E-state index contributed by atoms with van der Waals surface area (Å²) in [6.45, 7) is 2.06. The SMILES string of the molecule is CC[C@@H](N)Cc1cc(OC)c(Cl)cc1OC.Cl. The molecule has 0 aliphatic carbocycles. The Hall–Kier alpha value is -0.640. The standard InChI is InChI=1S/C12H18ClNO2.ClH/c1-4-9(14)5-8-6-12(16-3)10(13)7-11(8)15-2;/h6-7,9H,4-5,14H2,1-3H3;1H/t9-;/m1./s1. The summed E-state index contributed by atoms with van der Waals surface area (Å²) >= 11 is 6.01. The van der Waals surface area contributed by atoms with Crippen molar-refractivity contribution >= 4 is 24.0 Å². The predicted molar refractivity (Wildman–Crippen MR) is 73.8 cm³/mol. The highest BCUT2D eigenvalue weighted by molar-refractivity contribution is 6.32. The highest BCUT2D eigenvalue weighted by Crippen LogP contribution is 2.33. The average Bonchev–Trinajstić information content (AvgIpc) is 2.30. The summed E-state index contributed by atoms with van der Waals surface area (Å²) < 4.78 is 10.4. The minimum atomic E-state index is 0. The molecule has 1 rings (SSSR count).